The van der Waals surface area contributed by atoms with Crippen LogP contribution in [0.2, 0.25) is 19.6 Å². The fourth-order valence-corrected chi connectivity index (χ4v) is 6.65. The third-order valence-corrected chi connectivity index (χ3v) is 8.43. The molecule has 1 aromatic heterocycles. The Bertz CT molecular complexity index is 1540. The van der Waals surface area contributed by atoms with Crippen molar-refractivity contribution in [2.45, 2.75) is 26.6 Å². The van der Waals surface area contributed by atoms with Crippen LogP contribution in [0.4, 0.5) is 0 Å². The molecular weight excluding hydrogens is 392 g/mol. The molecule has 0 saturated carbocycles. The molecule has 0 radical (unpaired) electrons. The van der Waals surface area contributed by atoms with E-state index in [1.54, 1.807) is 0 Å². The van der Waals surface area contributed by atoms with Crippen LogP contribution >= 0.6 is 0 Å². The Kier molecular flexibility index (Phi) is 4.42. The van der Waals surface area contributed by atoms with E-state index >= 15 is 0 Å². The smallest absolute Gasteiger partial charge is 0.0998 e. The van der Waals surface area contributed by atoms with E-state index in [1.165, 1.54) is 26.9 Å². The van der Waals surface area contributed by atoms with Crippen LogP contribution in [0.25, 0.3) is 43.6 Å². The molecular formula is C28H24N2Si. The standard InChI is InChI=1S/C28H24N2Si/c1-18-22-9-10-26-25(24(22)11-12-27(18)31(2,3)4)13-14-30-28(26)20-15-19-7-5-6-8-23(19)21(16-20)17-29/h5-16H,1-4H3. The topological polar surface area (TPSA) is 36.7 Å². The summed E-state index contributed by atoms with van der Waals surface area (Å²) in [6.45, 7) is 9.45. The molecule has 0 N–H and O–H groups in total. The minimum atomic E-state index is -1.41. The van der Waals surface area contributed by atoms with Crippen LogP contribution in [-0.2, 0) is 0 Å². The summed E-state index contributed by atoms with van der Waals surface area (Å²) in [7, 11) is -1.41. The average Bonchev–Trinajstić information content (AvgIpc) is 2.77. The molecule has 3 heteroatoms. The highest BCUT2D eigenvalue weighted by molar-refractivity contribution is 6.89. The van der Waals surface area contributed by atoms with Gasteiger partial charge in [0.1, 0.15) is 0 Å². The molecule has 0 saturated heterocycles. The van der Waals surface area contributed by atoms with E-state index in [2.05, 4.69) is 75.1 Å². The lowest BCUT2D eigenvalue weighted by atomic mass is 9.94. The van der Waals surface area contributed by atoms with Crippen LogP contribution in [0.1, 0.15) is 11.1 Å². The molecule has 5 rings (SSSR count). The van der Waals surface area contributed by atoms with Crippen LogP contribution in [0.5, 0.6) is 0 Å². The van der Waals surface area contributed by atoms with Crippen molar-refractivity contribution in [3.05, 3.63) is 84.1 Å². The van der Waals surface area contributed by atoms with Gasteiger partial charge in [-0.1, -0.05) is 73.4 Å². The maximum absolute atomic E-state index is 9.72. The third kappa shape index (κ3) is 3.12. The number of hydrogen-bond acceptors (Lipinski definition) is 2. The van der Waals surface area contributed by atoms with Gasteiger partial charge in [0.2, 0.25) is 0 Å². The molecule has 1 heterocycles. The molecule has 150 valence electrons. The number of rotatable bonds is 2. The lowest BCUT2D eigenvalue weighted by molar-refractivity contribution is 1.36. The molecule has 2 nitrogen and oxygen atoms in total. The Morgan fingerprint density at radius 1 is 0.774 bits per heavy atom. The van der Waals surface area contributed by atoms with Crippen LogP contribution in [0.15, 0.2) is 72.9 Å². The number of nitriles is 1. The zero-order chi connectivity index (χ0) is 21.8. The van der Waals surface area contributed by atoms with E-state index in [0.29, 0.717) is 5.56 Å². The van der Waals surface area contributed by atoms with Crippen LogP contribution < -0.4 is 5.19 Å². The number of fused-ring (bicyclic) bond motifs is 4. The lowest BCUT2D eigenvalue weighted by Crippen LogP contribution is -2.39. The van der Waals surface area contributed by atoms with E-state index in [-0.39, 0.29) is 0 Å². The molecule has 0 fully saturated rings. The monoisotopic (exact) mass is 416 g/mol. The van der Waals surface area contributed by atoms with Crippen molar-refractivity contribution in [3.8, 4) is 17.3 Å². The first-order valence-corrected chi connectivity index (χ1v) is 14.1. The second-order valence-electron chi connectivity index (χ2n) is 9.26. The Balaban J connectivity index is 1.81. The normalized spacial score (nSPS) is 11.8. The minimum absolute atomic E-state index is 0.684. The van der Waals surface area contributed by atoms with Gasteiger partial charge in [0, 0.05) is 17.1 Å². The Morgan fingerprint density at radius 2 is 1.48 bits per heavy atom. The predicted molar refractivity (Wildman–Crippen MR) is 135 cm³/mol. The summed E-state index contributed by atoms with van der Waals surface area (Å²) in [6, 6.07) is 25.7. The van der Waals surface area contributed by atoms with E-state index in [4.69, 9.17) is 4.98 Å². The van der Waals surface area contributed by atoms with Gasteiger partial charge in [0.25, 0.3) is 0 Å². The van der Waals surface area contributed by atoms with Gasteiger partial charge in [-0.25, -0.2) is 0 Å². The summed E-state index contributed by atoms with van der Waals surface area (Å²) in [5.74, 6) is 0. The lowest BCUT2D eigenvalue weighted by Gasteiger charge is -2.21. The molecule has 0 amide bonds. The van der Waals surface area contributed by atoms with Gasteiger partial charge < -0.3 is 0 Å². The maximum Gasteiger partial charge on any atom is 0.0998 e. The fourth-order valence-electron chi connectivity index (χ4n) is 4.80. The van der Waals surface area contributed by atoms with Crippen molar-refractivity contribution >= 4 is 45.6 Å². The van der Waals surface area contributed by atoms with Gasteiger partial charge in [0.05, 0.1) is 25.4 Å². The van der Waals surface area contributed by atoms with Gasteiger partial charge in [-0.15, -0.1) is 0 Å². The summed E-state index contributed by atoms with van der Waals surface area (Å²) < 4.78 is 0. The highest BCUT2D eigenvalue weighted by Gasteiger charge is 2.20. The van der Waals surface area contributed by atoms with Crippen LogP contribution in [0.3, 0.4) is 0 Å². The molecule has 0 atom stereocenters. The molecule has 0 bridgehead atoms. The van der Waals surface area contributed by atoms with Gasteiger partial charge in [0.15, 0.2) is 0 Å². The van der Waals surface area contributed by atoms with Crippen molar-refractivity contribution in [2.24, 2.45) is 0 Å². The third-order valence-electron chi connectivity index (χ3n) is 6.28. The van der Waals surface area contributed by atoms with Crippen LogP contribution in [0, 0.1) is 18.3 Å². The second-order valence-corrected chi connectivity index (χ2v) is 14.3. The molecule has 31 heavy (non-hydrogen) atoms. The molecule has 0 aliphatic rings. The Labute approximate surface area is 183 Å². The zero-order valence-electron chi connectivity index (χ0n) is 18.3. The highest BCUT2D eigenvalue weighted by Crippen LogP contribution is 2.34. The number of pyridine rings is 1. The van der Waals surface area contributed by atoms with Gasteiger partial charge >= 0.3 is 0 Å². The van der Waals surface area contributed by atoms with Gasteiger partial charge in [-0.3, -0.25) is 4.98 Å². The van der Waals surface area contributed by atoms with Crippen molar-refractivity contribution in [2.75, 3.05) is 0 Å². The summed E-state index contributed by atoms with van der Waals surface area (Å²) >= 11 is 0. The number of benzene rings is 4. The predicted octanol–water partition coefficient (Wildman–Crippen LogP) is 6.93. The highest BCUT2D eigenvalue weighted by atomic mass is 28.3. The van der Waals surface area contributed by atoms with Crippen LogP contribution in [-0.4, -0.2) is 13.1 Å². The molecule has 0 spiro atoms. The first-order valence-electron chi connectivity index (χ1n) is 10.6. The number of nitrogens with zero attached hydrogens (tertiary/aromatic N) is 2. The molecule has 5 aromatic rings. The van der Waals surface area contributed by atoms with Crippen molar-refractivity contribution < 1.29 is 0 Å². The summed E-state index contributed by atoms with van der Waals surface area (Å²) in [5.41, 5.74) is 3.99. The molecule has 0 aliphatic heterocycles. The Hall–Kier alpha value is -3.48. The largest absolute Gasteiger partial charge is 0.256 e. The van der Waals surface area contributed by atoms with Crippen molar-refractivity contribution in [1.82, 2.24) is 4.98 Å². The molecule has 4 aromatic carbocycles. The van der Waals surface area contributed by atoms with E-state index in [9.17, 15) is 5.26 Å². The number of hydrogen-bond donors (Lipinski definition) is 0. The maximum atomic E-state index is 9.72. The summed E-state index contributed by atoms with van der Waals surface area (Å²) in [5, 5.41) is 18.2. The zero-order valence-corrected chi connectivity index (χ0v) is 19.3. The van der Waals surface area contributed by atoms with E-state index in [1.807, 2.05) is 30.5 Å². The number of aryl methyl sites for hydroxylation is 1. The van der Waals surface area contributed by atoms with Gasteiger partial charge in [-0.2, -0.15) is 5.26 Å². The molecule has 0 unspecified atom stereocenters. The number of aromatic nitrogens is 1. The Morgan fingerprint density at radius 3 is 2.26 bits per heavy atom. The summed E-state index contributed by atoms with van der Waals surface area (Å²) in [6.07, 6.45) is 1.89. The molecule has 0 aliphatic carbocycles. The fraction of sp³-hybridized carbons (Fsp3) is 0.143. The van der Waals surface area contributed by atoms with E-state index < -0.39 is 8.07 Å². The second kappa shape index (κ2) is 7.04. The summed E-state index contributed by atoms with van der Waals surface area (Å²) in [4.78, 5) is 4.74. The quantitative estimate of drug-likeness (QED) is 0.231. The first-order chi connectivity index (χ1) is 14.9. The van der Waals surface area contributed by atoms with Crippen molar-refractivity contribution in [3.63, 3.8) is 0 Å². The van der Waals surface area contributed by atoms with Gasteiger partial charge in [-0.05, 0) is 57.6 Å². The first kappa shape index (κ1) is 19.5. The SMILES string of the molecule is Cc1c([Si](C)(C)C)ccc2c1ccc1c(-c3cc(C#N)c4ccccc4c3)nccc12. The minimum Gasteiger partial charge on any atom is -0.256 e. The van der Waals surface area contributed by atoms with E-state index in [0.717, 1.165) is 27.4 Å². The average molecular weight is 417 g/mol. The van der Waals surface area contributed by atoms with Crippen molar-refractivity contribution in [1.29, 1.82) is 5.26 Å².